The van der Waals surface area contributed by atoms with Crippen molar-refractivity contribution in [1.82, 2.24) is 36.9 Å². The van der Waals surface area contributed by atoms with Crippen LogP contribution in [0.15, 0.2) is 85.1 Å². The van der Waals surface area contributed by atoms with E-state index in [0.29, 0.717) is 30.5 Å². The first-order chi connectivity index (χ1) is 31.6. The largest absolute Gasteiger partial charge is 0.508 e. The highest BCUT2D eigenvalue weighted by atomic mass is 33.1. The zero-order valence-corrected chi connectivity index (χ0v) is 38.0. The van der Waals surface area contributed by atoms with Crippen LogP contribution in [0.3, 0.4) is 0 Å². The molecular formula is C45H58N10O9S2. The van der Waals surface area contributed by atoms with Crippen LogP contribution in [-0.2, 0) is 52.8 Å². The zero-order valence-electron chi connectivity index (χ0n) is 36.4. The zero-order chi connectivity index (χ0) is 47.8. The van der Waals surface area contributed by atoms with Crippen LogP contribution in [0.5, 0.6) is 5.75 Å². The normalized spacial score (nSPS) is 21.5. The van der Waals surface area contributed by atoms with Gasteiger partial charge in [0.15, 0.2) is 0 Å². The minimum absolute atomic E-state index is 0.0267. The van der Waals surface area contributed by atoms with Crippen molar-refractivity contribution >= 4 is 73.8 Å². The van der Waals surface area contributed by atoms with Gasteiger partial charge in [0.25, 0.3) is 0 Å². The van der Waals surface area contributed by atoms with Gasteiger partial charge in [0, 0.05) is 41.4 Å². The standard InChI is InChI=1S/C45H58N10O9S2/c1-25(56)38(39(48)58)55-45(64)37-24-66-65-23-36(53-40(59)31(47)19-26-9-3-2-4-10-26)44(63)51-34(20-27-14-16-29(57)17-15-27)42(61)52-35(21-28-22-49-32-12-6-5-11-30(28)32)43(62)50-33(41(60)54-37)13-7-8-18-46/h2-6,9-12,14-17,22,25,31,33-38,49,56-57H,7-8,13,18-21,23-24,46-47H2,1H3,(H2,48,58)(H,50,62)(H,51,63)(H,52,61)(H,53,59)(H,54,60)(H,55,64). The molecule has 5 rings (SSSR count). The molecule has 0 bridgehead atoms. The number of carbonyl (C=O) groups excluding carboxylic acids is 7. The molecule has 19 nitrogen and oxygen atoms in total. The molecule has 2 heterocycles. The Bertz CT molecular complexity index is 2300. The Labute approximate surface area is 389 Å². The van der Waals surface area contributed by atoms with Crippen LogP contribution in [0.1, 0.15) is 42.9 Å². The first-order valence-electron chi connectivity index (χ1n) is 21.5. The van der Waals surface area contributed by atoms with Crippen molar-refractivity contribution in [3.63, 3.8) is 0 Å². The first-order valence-corrected chi connectivity index (χ1v) is 24.0. The molecule has 1 aromatic heterocycles. The Balaban J connectivity index is 1.54. The summed E-state index contributed by atoms with van der Waals surface area (Å²) in [4.78, 5) is 100. The number of primary amides is 1. The molecule has 0 radical (unpaired) electrons. The number of nitrogens with two attached hydrogens (primary N) is 3. The minimum Gasteiger partial charge on any atom is -0.508 e. The molecule has 8 atom stereocenters. The smallest absolute Gasteiger partial charge is 0.244 e. The highest BCUT2D eigenvalue weighted by molar-refractivity contribution is 8.76. The number of amides is 7. The molecule has 3 aromatic carbocycles. The summed E-state index contributed by atoms with van der Waals surface area (Å²) in [7, 11) is 2.10. The lowest BCUT2D eigenvalue weighted by molar-refractivity contribution is -0.135. The number of aromatic nitrogens is 1. The van der Waals surface area contributed by atoms with Crippen molar-refractivity contribution in [3.05, 3.63) is 102 Å². The monoisotopic (exact) mass is 946 g/mol. The summed E-state index contributed by atoms with van der Waals surface area (Å²) in [5.74, 6) is -5.94. The fraction of sp³-hybridized carbons (Fsp3) is 0.400. The third kappa shape index (κ3) is 15.0. The van der Waals surface area contributed by atoms with Gasteiger partial charge in [-0.2, -0.15) is 0 Å². The molecule has 15 N–H and O–H groups in total. The van der Waals surface area contributed by atoms with Crippen LogP contribution in [0.2, 0.25) is 0 Å². The van der Waals surface area contributed by atoms with E-state index in [1.807, 2.05) is 30.3 Å². The average Bonchev–Trinajstić information content (AvgIpc) is 3.70. The second-order valence-electron chi connectivity index (χ2n) is 16.0. The summed E-state index contributed by atoms with van der Waals surface area (Å²) in [6.07, 6.45) is 1.27. The molecule has 1 aliphatic heterocycles. The molecule has 0 spiro atoms. The topological polar surface area (TPSA) is 326 Å². The van der Waals surface area contributed by atoms with Crippen LogP contribution >= 0.6 is 21.6 Å². The fourth-order valence-corrected chi connectivity index (χ4v) is 9.51. The highest BCUT2D eigenvalue weighted by Crippen LogP contribution is 2.25. The predicted octanol–water partition coefficient (Wildman–Crippen LogP) is -0.472. The van der Waals surface area contributed by atoms with Gasteiger partial charge in [-0.25, -0.2) is 0 Å². The maximum Gasteiger partial charge on any atom is 0.244 e. The van der Waals surface area contributed by atoms with Gasteiger partial charge in [0.1, 0.15) is 42.0 Å². The van der Waals surface area contributed by atoms with Gasteiger partial charge in [-0.1, -0.05) is 82.3 Å². The van der Waals surface area contributed by atoms with Gasteiger partial charge in [-0.05, 0) is 74.0 Å². The molecule has 7 amide bonds. The van der Waals surface area contributed by atoms with E-state index in [0.717, 1.165) is 38.1 Å². The number of para-hydroxylation sites is 1. The van der Waals surface area contributed by atoms with Gasteiger partial charge in [-0.15, -0.1) is 0 Å². The predicted molar refractivity (Wildman–Crippen MR) is 252 cm³/mol. The number of H-pyrrole nitrogens is 1. The number of rotatable bonds is 16. The number of unbranched alkanes of at least 4 members (excludes halogenated alkanes) is 1. The number of fused-ring (bicyclic) bond motifs is 1. The molecule has 21 heteroatoms. The van der Waals surface area contributed by atoms with E-state index >= 15 is 0 Å². The van der Waals surface area contributed by atoms with E-state index in [9.17, 15) is 43.8 Å². The van der Waals surface area contributed by atoms with Crippen molar-refractivity contribution in [2.75, 3.05) is 18.1 Å². The summed E-state index contributed by atoms with van der Waals surface area (Å²) < 4.78 is 0. The van der Waals surface area contributed by atoms with Crippen LogP contribution in [0.4, 0.5) is 0 Å². The second-order valence-corrected chi connectivity index (χ2v) is 18.6. The maximum absolute atomic E-state index is 14.6. The lowest BCUT2D eigenvalue weighted by Gasteiger charge is -2.27. The molecule has 0 saturated carbocycles. The Morgan fingerprint density at radius 3 is 2.08 bits per heavy atom. The molecule has 1 fully saturated rings. The van der Waals surface area contributed by atoms with Crippen molar-refractivity contribution in [1.29, 1.82) is 0 Å². The molecule has 1 saturated heterocycles. The molecule has 0 aliphatic carbocycles. The van der Waals surface area contributed by atoms with Crippen LogP contribution < -0.4 is 49.1 Å². The number of phenols is 1. The summed E-state index contributed by atoms with van der Waals surface area (Å²) in [6, 6.07) is 13.2. The third-order valence-electron chi connectivity index (χ3n) is 10.9. The molecule has 66 heavy (non-hydrogen) atoms. The minimum atomic E-state index is -1.51. The number of hydrogen-bond acceptors (Lipinski definition) is 13. The number of aliphatic hydroxyl groups excluding tert-OH is 1. The third-order valence-corrected chi connectivity index (χ3v) is 13.3. The van der Waals surface area contributed by atoms with E-state index in [2.05, 4.69) is 36.9 Å². The van der Waals surface area contributed by atoms with Gasteiger partial charge in [0.2, 0.25) is 41.4 Å². The quantitative estimate of drug-likeness (QED) is 0.0500. The molecule has 8 unspecified atom stereocenters. The van der Waals surface area contributed by atoms with Crippen molar-refractivity contribution in [2.24, 2.45) is 17.2 Å². The van der Waals surface area contributed by atoms with Gasteiger partial charge in [0.05, 0.1) is 12.1 Å². The average molecular weight is 947 g/mol. The Morgan fingerprint density at radius 1 is 0.773 bits per heavy atom. The van der Waals surface area contributed by atoms with Crippen LogP contribution in [0, 0.1) is 0 Å². The van der Waals surface area contributed by atoms with E-state index < -0.39 is 89.7 Å². The van der Waals surface area contributed by atoms with Crippen molar-refractivity contribution in [3.8, 4) is 5.75 Å². The SMILES string of the molecule is CC(O)C(NC(=O)C1CSSCC(NC(=O)C(N)Cc2ccccc2)C(=O)NC(Cc2ccc(O)cc2)C(=O)NC(Cc2c[nH]c3ccccc23)C(=O)NC(CCCCN)C(=O)N1)C(N)=O. The number of carbonyl (C=O) groups is 7. The summed E-state index contributed by atoms with van der Waals surface area (Å²) in [5.41, 5.74) is 20.3. The van der Waals surface area contributed by atoms with E-state index in [4.69, 9.17) is 17.2 Å². The number of hydrogen-bond donors (Lipinski definition) is 12. The Hall–Kier alpha value is -6.13. The van der Waals surface area contributed by atoms with Gasteiger partial charge >= 0.3 is 0 Å². The van der Waals surface area contributed by atoms with Crippen molar-refractivity contribution in [2.45, 2.75) is 93.8 Å². The fourth-order valence-electron chi connectivity index (χ4n) is 7.18. The Morgan fingerprint density at radius 2 is 1.39 bits per heavy atom. The van der Waals surface area contributed by atoms with Crippen LogP contribution in [-0.4, -0.2) is 123 Å². The lowest BCUT2D eigenvalue weighted by Crippen LogP contribution is -2.61. The van der Waals surface area contributed by atoms with E-state index in [1.165, 1.54) is 19.1 Å². The number of aromatic amines is 1. The lowest BCUT2D eigenvalue weighted by atomic mass is 10.0. The number of aliphatic hydroxyl groups is 1. The van der Waals surface area contributed by atoms with Gasteiger partial charge in [-0.3, -0.25) is 33.6 Å². The summed E-state index contributed by atoms with van der Waals surface area (Å²) >= 11 is 0. The number of benzene rings is 3. The molecule has 1 aliphatic rings. The maximum atomic E-state index is 14.6. The highest BCUT2D eigenvalue weighted by Gasteiger charge is 2.35. The number of aromatic hydroxyl groups is 1. The molecule has 354 valence electrons. The van der Waals surface area contributed by atoms with E-state index in [1.54, 1.807) is 42.6 Å². The summed E-state index contributed by atoms with van der Waals surface area (Å²) in [6.45, 7) is 1.55. The Kier molecular flexibility index (Phi) is 19.2. The van der Waals surface area contributed by atoms with E-state index in [-0.39, 0.29) is 42.9 Å². The van der Waals surface area contributed by atoms with Crippen LogP contribution in [0.25, 0.3) is 10.9 Å². The number of phenolic OH excluding ortho intramolecular Hbond substituents is 1. The van der Waals surface area contributed by atoms with Gasteiger partial charge < -0.3 is 64.3 Å². The van der Waals surface area contributed by atoms with Crippen molar-refractivity contribution < 1.29 is 43.8 Å². The molecule has 4 aromatic rings. The summed E-state index contributed by atoms with van der Waals surface area (Å²) in [5, 5.41) is 37.1. The second kappa shape index (κ2) is 25.0. The first kappa shape index (κ1) is 50.9. The number of nitrogens with one attached hydrogen (secondary N) is 7. The molecular weight excluding hydrogens is 889 g/mol.